The van der Waals surface area contributed by atoms with Gasteiger partial charge in [-0.05, 0) is 44.9 Å². The highest BCUT2D eigenvalue weighted by molar-refractivity contribution is 4.58. The van der Waals surface area contributed by atoms with Gasteiger partial charge in [0.25, 0.3) is 0 Å². The number of rotatable bonds is 12. The highest BCUT2D eigenvalue weighted by Crippen LogP contribution is 2.12. The van der Waals surface area contributed by atoms with Gasteiger partial charge in [-0.1, -0.05) is 20.8 Å². The van der Waals surface area contributed by atoms with Crippen molar-refractivity contribution in [1.29, 1.82) is 0 Å². The molecule has 0 aromatic heterocycles. The predicted molar refractivity (Wildman–Crippen MR) is 80.6 cm³/mol. The Balaban J connectivity index is 3.03. The summed E-state index contributed by atoms with van der Waals surface area (Å²) in [4.78, 5) is 0. The lowest BCUT2D eigenvalue weighted by Gasteiger charge is -2.17. The second-order valence-corrected chi connectivity index (χ2v) is 6.56. The monoisotopic (exact) mass is 274 g/mol. The number of unbranched alkanes of at least 4 members (excludes halogenated alkanes) is 2. The van der Waals surface area contributed by atoms with E-state index in [1.165, 1.54) is 6.42 Å². The first-order chi connectivity index (χ1) is 8.92. The third kappa shape index (κ3) is 17.9. The summed E-state index contributed by atoms with van der Waals surface area (Å²) in [5.41, 5.74) is 0.263. The fourth-order valence-corrected chi connectivity index (χ4v) is 1.55. The molecule has 0 aliphatic heterocycles. The second kappa shape index (κ2) is 11.7. The minimum absolute atomic E-state index is 0.263. The molecule has 0 aliphatic rings. The Morgan fingerprint density at radius 1 is 0.737 bits per heavy atom. The first-order valence-corrected chi connectivity index (χ1v) is 7.69. The molecule has 0 aliphatic carbocycles. The molecule has 0 aromatic carbocycles. The van der Waals surface area contributed by atoms with Crippen LogP contribution < -0.4 is 0 Å². The lowest BCUT2D eigenvalue weighted by atomic mass is 9.99. The molecule has 0 spiro atoms. The minimum Gasteiger partial charge on any atom is -0.381 e. The zero-order chi connectivity index (χ0) is 14.6. The summed E-state index contributed by atoms with van der Waals surface area (Å²) in [6.45, 7) is 14.9. The average Bonchev–Trinajstić information content (AvgIpc) is 2.28. The largest absolute Gasteiger partial charge is 0.381 e. The third-order valence-electron chi connectivity index (χ3n) is 2.50. The van der Waals surface area contributed by atoms with Gasteiger partial charge in [0, 0.05) is 26.4 Å². The molecular weight excluding hydrogens is 240 g/mol. The predicted octanol–water partition coefficient (Wildman–Crippen LogP) is 4.05. The highest BCUT2D eigenvalue weighted by atomic mass is 16.5. The van der Waals surface area contributed by atoms with E-state index in [4.69, 9.17) is 14.2 Å². The Kier molecular flexibility index (Phi) is 11.6. The van der Waals surface area contributed by atoms with Crippen LogP contribution in [0.15, 0.2) is 0 Å². The Labute approximate surface area is 120 Å². The zero-order valence-corrected chi connectivity index (χ0v) is 13.7. The van der Waals surface area contributed by atoms with E-state index in [9.17, 15) is 0 Å². The molecule has 0 heterocycles. The second-order valence-electron chi connectivity index (χ2n) is 6.56. The summed E-state index contributed by atoms with van der Waals surface area (Å²) in [7, 11) is 0. The molecule has 0 N–H and O–H groups in total. The molecule has 0 saturated carbocycles. The van der Waals surface area contributed by atoms with E-state index >= 15 is 0 Å². The summed E-state index contributed by atoms with van der Waals surface area (Å²) in [5.74, 6) is 0. The molecule has 0 saturated heterocycles. The molecule has 3 nitrogen and oxygen atoms in total. The van der Waals surface area contributed by atoms with E-state index < -0.39 is 0 Å². The van der Waals surface area contributed by atoms with Gasteiger partial charge in [0.15, 0.2) is 0 Å². The minimum atomic E-state index is 0.263. The van der Waals surface area contributed by atoms with Gasteiger partial charge in [0.1, 0.15) is 0 Å². The van der Waals surface area contributed by atoms with Crippen LogP contribution in [0, 0.1) is 5.41 Å². The maximum Gasteiger partial charge on any atom is 0.0518 e. The molecule has 0 radical (unpaired) electrons. The summed E-state index contributed by atoms with van der Waals surface area (Å²) >= 11 is 0. The van der Waals surface area contributed by atoms with Gasteiger partial charge in [-0.25, -0.2) is 0 Å². The van der Waals surface area contributed by atoms with Crippen molar-refractivity contribution in [3.63, 3.8) is 0 Å². The van der Waals surface area contributed by atoms with Gasteiger partial charge in [0.05, 0.1) is 12.7 Å². The number of hydrogen-bond donors (Lipinski definition) is 0. The van der Waals surface area contributed by atoms with Gasteiger partial charge < -0.3 is 14.2 Å². The van der Waals surface area contributed by atoms with E-state index in [1.807, 2.05) is 0 Å². The van der Waals surface area contributed by atoms with Gasteiger partial charge >= 0.3 is 0 Å². The summed E-state index contributed by atoms with van der Waals surface area (Å²) < 4.78 is 16.6. The lowest BCUT2D eigenvalue weighted by Crippen LogP contribution is -2.15. The van der Waals surface area contributed by atoms with Crippen LogP contribution in [0.4, 0.5) is 0 Å². The first-order valence-electron chi connectivity index (χ1n) is 7.69. The van der Waals surface area contributed by atoms with E-state index in [0.29, 0.717) is 6.10 Å². The summed E-state index contributed by atoms with van der Waals surface area (Å²) in [5, 5.41) is 0. The molecule has 116 valence electrons. The summed E-state index contributed by atoms with van der Waals surface area (Å²) in [6, 6.07) is 0. The molecule has 0 amide bonds. The molecule has 0 fully saturated rings. The lowest BCUT2D eigenvalue weighted by molar-refractivity contribution is 0.0465. The molecule has 0 atom stereocenters. The van der Waals surface area contributed by atoms with Gasteiger partial charge in [-0.3, -0.25) is 0 Å². The molecule has 0 aromatic rings. The van der Waals surface area contributed by atoms with Crippen LogP contribution in [0.5, 0.6) is 0 Å². The van der Waals surface area contributed by atoms with Crippen LogP contribution in [-0.4, -0.2) is 39.1 Å². The van der Waals surface area contributed by atoms with Crippen LogP contribution in [0.2, 0.25) is 0 Å². The Morgan fingerprint density at radius 2 is 1.32 bits per heavy atom. The van der Waals surface area contributed by atoms with E-state index in [2.05, 4.69) is 34.6 Å². The Bertz CT molecular complexity index is 185. The van der Waals surface area contributed by atoms with Crippen LogP contribution in [0.25, 0.3) is 0 Å². The smallest absolute Gasteiger partial charge is 0.0518 e. The van der Waals surface area contributed by atoms with Crippen molar-refractivity contribution in [1.82, 2.24) is 0 Å². The molecule has 0 bridgehead atoms. The molecule has 0 unspecified atom stereocenters. The molecule has 3 heteroatoms. The van der Waals surface area contributed by atoms with Gasteiger partial charge in [0.2, 0.25) is 0 Å². The van der Waals surface area contributed by atoms with Crippen molar-refractivity contribution in [2.24, 2.45) is 5.41 Å². The van der Waals surface area contributed by atoms with E-state index in [0.717, 1.165) is 52.3 Å². The number of ether oxygens (including phenoxy) is 3. The topological polar surface area (TPSA) is 27.7 Å². The van der Waals surface area contributed by atoms with Crippen molar-refractivity contribution < 1.29 is 14.2 Å². The molecular formula is C16H34O3. The van der Waals surface area contributed by atoms with Gasteiger partial charge in [-0.15, -0.1) is 0 Å². The summed E-state index contributed by atoms with van der Waals surface area (Å²) in [6.07, 6.45) is 4.80. The Hall–Kier alpha value is -0.120. The maximum atomic E-state index is 5.58. The third-order valence-corrected chi connectivity index (χ3v) is 2.50. The molecule has 0 rings (SSSR count). The maximum absolute atomic E-state index is 5.58. The number of hydrogen-bond acceptors (Lipinski definition) is 3. The molecule has 19 heavy (non-hydrogen) atoms. The SMILES string of the molecule is CC(C)OCCCCCOCCCOCC(C)(C)C. The quantitative estimate of drug-likeness (QED) is 0.502. The average molecular weight is 274 g/mol. The van der Waals surface area contributed by atoms with Crippen LogP contribution >= 0.6 is 0 Å². The van der Waals surface area contributed by atoms with Crippen LogP contribution in [0.1, 0.15) is 60.3 Å². The van der Waals surface area contributed by atoms with Crippen molar-refractivity contribution >= 4 is 0 Å². The van der Waals surface area contributed by atoms with Crippen molar-refractivity contribution in [2.45, 2.75) is 66.4 Å². The van der Waals surface area contributed by atoms with Crippen molar-refractivity contribution in [2.75, 3.05) is 33.0 Å². The highest BCUT2D eigenvalue weighted by Gasteiger charge is 2.09. The van der Waals surface area contributed by atoms with E-state index in [-0.39, 0.29) is 5.41 Å². The standard InChI is InChI=1S/C16H34O3/c1-15(2)19-13-8-6-7-10-17-11-9-12-18-14-16(3,4)5/h15H,6-14H2,1-5H3. The first kappa shape index (κ1) is 18.9. The van der Waals surface area contributed by atoms with Crippen LogP contribution in [0.3, 0.4) is 0 Å². The van der Waals surface area contributed by atoms with Crippen molar-refractivity contribution in [3.05, 3.63) is 0 Å². The van der Waals surface area contributed by atoms with E-state index in [1.54, 1.807) is 0 Å². The fourth-order valence-electron chi connectivity index (χ4n) is 1.55. The fraction of sp³-hybridized carbons (Fsp3) is 1.00. The normalized spacial score (nSPS) is 12.3. The zero-order valence-electron chi connectivity index (χ0n) is 13.7. The van der Waals surface area contributed by atoms with Gasteiger partial charge in [-0.2, -0.15) is 0 Å². The van der Waals surface area contributed by atoms with Crippen molar-refractivity contribution in [3.8, 4) is 0 Å². The van der Waals surface area contributed by atoms with Crippen LogP contribution in [-0.2, 0) is 14.2 Å². The Morgan fingerprint density at radius 3 is 1.95 bits per heavy atom.